The van der Waals surface area contributed by atoms with Gasteiger partial charge in [-0.25, -0.2) is 0 Å². The molecule has 0 radical (unpaired) electrons. The number of aliphatic carboxylic acids is 1. The molecule has 10 nitrogen and oxygen atoms in total. The lowest BCUT2D eigenvalue weighted by Gasteiger charge is -2.30. The van der Waals surface area contributed by atoms with Crippen molar-refractivity contribution in [2.75, 3.05) is 19.6 Å². The predicted molar refractivity (Wildman–Crippen MR) is 104 cm³/mol. The molecule has 2 amide bonds. The normalized spacial score (nSPS) is 25.9. The van der Waals surface area contributed by atoms with Gasteiger partial charge in [0, 0.05) is 12.0 Å². The monoisotopic (exact) mass is 396 g/mol. The van der Waals surface area contributed by atoms with Crippen molar-refractivity contribution in [3.63, 3.8) is 0 Å². The van der Waals surface area contributed by atoms with E-state index >= 15 is 0 Å². The number of hydrogen-bond acceptors (Lipinski definition) is 5. The largest absolute Gasteiger partial charge is 0.481 e. The standard InChI is InChI=1S/C18H32N6O4/c19-18(20)23-13-5-1-3-11(7-13)17(28)22-10-15(25)24-14(8-16(26)27)12-4-2-6-21-9-12/h11-14,21H,1-10H2,(H,22,28)(H,24,25)(H,26,27)(H4,19,20,23). The number of amides is 2. The van der Waals surface area contributed by atoms with Crippen LogP contribution in [0.4, 0.5) is 0 Å². The SMILES string of the molecule is NC(N)=NC1CCCC(C(=O)NCC(=O)NC(CC(=O)O)C2CCCNC2)C1. The lowest BCUT2D eigenvalue weighted by molar-refractivity contribution is -0.138. The molecular formula is C18H32N6O4. The molecule has 1 aliphatic carbocycles. The van der Waals surface area contributed by atoms with Crippen LogP contribution in [0.1, 0.15) is 44.9 Å². The van der Waals surface area contributed by atoms with Crippen LogP contribution in [0.15, 0.2) is 4.99 Å². The molecule has 0 spiro atoms. The van der Waals surface area contributed by atoms with Crippen molar-refractivity contribution < 1.29 is 19.5 Å². The van der Waals surface area contributed by atoms with Crippen LogP contribution in [0, 0.1) is 11.8 Å². The molecule has 0 aromatic heterocycles. The van der Waals surface area contributed by atoms with E-state index < -0.39 is 12.0 Å². The molecule has 4 unspecified atom stereocenters. The summed E-state index contributed by atoms with van der Waals surface area (Å²) >= 11 is 0. The number of carbonyl (C=O) groups is 3. The fraction of sp³-hybridized carbons (Fsp3) is 0.778. The Morgan fingerprint density at radius 1 is 1.18 bits per heavy atom. The van der Waals surface area contributed by atoms with Gasteiger partial charge >= 0.3 is 5.97 Å². The molecule has 1 heterocycles. The van der Waals surface area contributed by atoms with Crippen molar-refractivity contribution in [2.24, 2.45) is 28.3 Å². The zero-order valence-corrected chi connectivity index (χ0v) is 16.2. The molecule has 0 aromatic carbocycles. The number of aliphatic imine (C=N–C) groups is 1. The molecule has 2 fully saturated rings. The second kappa shape index (κ2) is 10.8. The van der Waals surface area contributed by atoms with Crippen LogP contribution in [0.3, 0.4) is 0 Å². The number of carboxylic acids is 1. The lowest BCUT2D eigenvalue weighted by Crippen LogP contribution is -2.50. The van der Waals surface area contributed by atoms with Gasteiger partial charge in [0.2, 0.25) is 11.8 Å². The van der Waals surface area contributed by atoms with E-state index in [9.17, 15) is 14.4 Å². The van der Waals surface area contributed by atoms with Crippen LogP contribution < -0.4 is 27.4 Å². The van der Waals surface area contributed by atoms with Gasteiger partial charge in [-0.15, -0.1) is 0 Å². The Labute approximate surface area is 164 Å². The van der Waals surface area contributed by atoms with E-state index in [0.29, 0.717) is 13.0 Å². The molecule has 1 aliphatic heterocycles. The molecule has 8 N–H and O–H groups in total. The van der Waals surface area contributed by atoms with Crippen molar-refractivity contribution in [1.29, 1.82) is 0 Å². The number of guanidine groups is 1. The second-order valence-corrected chi connectivity index (χ2v) is 7.67. The summed E-state index contributed by atoms with van der Waals surface area (Å²) in [5.74, 6) is -1.66. The van der Waals surface area contributed by atoms with Crippen LogP contribution in [0.2, 0.25) is 0 Å². The molecule has 10 heteroatoms. The number of hydrogen-bond donors (Lipinski definition) is 6. The van der Waals surface area contributed by atoms with Gasteiger partial charge < -0.3 is 32.5 Å². The Bertz CT molecular complexity index is 587. The molecule has 2 aliphatic rings. The lowest BCUT2D eigenvalue weighted by atomic mass is 9.85. The Balaban J connectivity index is 1.81. The molecule has 28 heavy (non-hydrogen) atoms. The summed E-state index contributed by atoms with van der Waals surface area (Å²) < 4.78 is 0. The molecule has 4 atom stereocenters. The fourth-order valence-electron chi connectivity index (χ4n) is 4.05. The number of nitrogens with zero attached hydrogens (tertiary/aromatic N) is 1. The topological polar surface area (TPSA) is 172 Å². The van der Waals surface area contributed by atoms with Gasteiger partial charge in [-0.1, -0.05) is 6.42 Å². The van der Waals surface area contributed by atoms with Gasteiger partial charge in [-0.05, 0) is 51.1 Å². The molecule has 158 valence electrons. The number of carbonyl (C=O) groups excluding carboxylic acids is 2. The average molecular weight is 396 g/mol. The van der Waals surface area contributed by atoms with Crippen LogP contribution in [-0.4, -0.2) is 60.6 Å². The van der Waals surface area contributed by atoms with E-state index in [1.54, 1.807) is 0 Å². The minimum Gasteiger partial charge on any atom is -0.481 e. The zero-order chi connectivity index (χ0) is 20.5. The Hall–Kier alpha value is -2.36. The van der Waals surface area contributed by atoms with E-state index in [0.717, 1.165) is 38.6 Å². The third-order valence-electron chi connectivity index (χ3n) is 5.42. The smallest absolute Gasteiger partial charge is 0.305 e. The number of piperidine rings is 1. The second-order valence-electron chi connectivity index (χ2n) is 7.67. The van der Waals surface area contributed by atoms with Crippen LogP contribution in [-0.2, 0) is 14.4 Å². The first-order valence-electron chi connectivity index (χ1n) is 9.93. The molecular weight excluding hydrogens is 364 g/mol. The minimum atomic E-state index is -0.951. The summed E-state index contributed by atoms with van der Waals surface area (Å²) in [6.45, 7) is 1.42. The molecule has 0 bridgehead atoms. The van der Waals surface area contributed by atoms with Crippen molar-refractivity contribution in [2.45, 2.75) is 57.0 Å². The van der Waals surface area contributed by atoms with E-state index in [2.05, 4.69) is 20.9 Å². The van der Waals surface area contributed by atoms with E-state index in [-0.39, 0.29) is 48.6 Å². The fourth-order valence-corrected chi connectivity index (χ4v) is 4.05. The Morgan fingerprint density at radius 3 is 2.61 bits per heavy atom. The maximum absolute atomic E-state index is 12.4. The van der Waals surface area contributed by atoms with Gasteiger partial charge in [0.1, 0.15) is 0 Å². The maximum Gasteiger partial charge on any atom is 0.305 e. The number of nitrogens with one attached hydrogen (secondary N) is 3. The van der Waals surface area contributed by atoms with Crippen molar-refractivity contribution in [1.82, 2.24) is 16.0 Å². The van der Waals surface area contributed by atoms with E-state index in [1.807, 2.05) is 0 Å². The zero-order valence-electron chi connectivity index (χ0n) is 16.2. The third-order valence-corrected chi connectivity index (χ3v) is 5.42. The van der Waals surface area contributed by atoms with Crippen LogP contribution in [0.25, 0.3) is 0 Å². The highest BCUT2D eigenvalue weighted by molar-refractivity contribution is 5.86. The summed E-state index contributed by atoms with van der Waals surface area (Å²) in [5, 5.41) is 17.8. The molecule has 0 aromatic rings. The van der Waals surface area contributed by atoms with Gasteiger partial charge in [-0.2, -0.15) is 0 Å². The first-order chi connectivity index (χ1) is 13.3. The summed E-state index contributed by atoms with van der Waals surface area (Å²) in [6, 6.07) is -0.516. The third kappa shape index (κ3) is 7.34. The first-order valence-corrected chi connectivity index (χ1v) is 9.93. The molecule has 2 rings (SSSR count). The van der Waals surface area contributed by atoms with Crippen molar-refractivity contribution in [3.8, 4) is 0 Å². The van der Waals surface area contributed by atoms with Gasteiger partial charge in [-0.3, -0.25) is 19.4 Å². The summed E-state index contributed by atoms with van der Waals surface area (Å²) in [6.07, 6.45) is 4.67. The summed E-state index contributed by atoms with van der Waals surface area (Å²) in [7, 11) is 0. The summed E-state index contributed by atoms with van der Waals surface area (Å²) in [4.78, 5) is 40.0. The highest BCUT2D eigenvalue weighted by atomic mass is 16.4. The number of nitrogens with two attached hydrogens (primary N) is 2. The quantitative estimate of drug-likeness (QED) is 0.223. The summed E-state index contributed by atoms with van der Waals surface area (Å²) in [5.41, 5.74) is 10.8. The molecule has 1 saturated carbocycles. The van der Waals surface area contributed by atoms with Gasteiger partial charge in [0.15, 0.2) is 5.96 Å². The van der Waals surface area contributed by atoms with Gasteiger partial charge in [0.25, 0.3) is 0 Å². The average Bonchev–Trinajstić information content (AvgIpc) is 2.65. The Morgan fingerprint density at radius 2 is 1.96 bits per heavy atom. The van der Waals surface area contributed by atoms with E-state index in [4.69, 9.17) is 16.6 Å². The number of rotatable bonds is 8. The Kier molecular flexibility index (Phi) is 8.49. The van der Waals surface area contributed by atoms with Crippen molar-refractivity contribution >= 4 is 23.7 Å². The number of carboxylic acid groups (broad SMARTS) is 1. The first kappa shape index (κ1) is 21.9. The minimum absolute atomic E-state index is 0.0205. The van der Waals surface area contributed by atoms with Crippen LogP contribution in [0.5, 0.6) is 0 Å². The van der Waals surface area contributed by atoms with E-state index in [1.165, 1.54) is 0 Å². The van der Waals surface area contributed by atoms with Gasteiger partial charge in [0.05, 0.1) is 19.0 Å². The molecule has 1 saturated heterocycles. The highest BCUT2D eigenvalue weighted by Gasteiger charge is 2.29. The van der Waals surface area contributed by atoms with Crippen LogP contribution >= 0.6 is 0 Å². The predicted octanol–water partition coefficient (Wildman–Crippen LogP) is -1.11. The maximum atomic E-state index is 12.4. The highest BCUT2D eigenvalue weighted by Crippen LogP contribution is 2.26. The van der Waals surface area contributed by atoms with Crippen molar-refractivity contribution in [3.05, 3.63) is 0 Å².